The van der Waals surface area contributed by atoms with Gasteiger partial charge in [0, 0.05) is 0 Å². The molecule has 1 atom stereocenters. The van der Waals surface area contributed by atoms with Crippen LogP contribution in [-0.4, -0.2) is 20.5 Å². The van der Waals surface area contributed by atoms with Gasteiger partial charge in [-0.15, -0.1) is 0 Å². The summed E-state index contributed by atoms with van der Waals surface area (Å²) >= 11 is 0. The fourth-order valence-corrected chi connectivity index (χ4v) is 9.46. The summed E-state index contributed by atoms with van der Waals surface area (Å²) in [5.74, 6) is 0.260. The van der Waals surface area contributed by atoms with Crippen molar-refractivity contribution < 1.29 is 19.2 Å². The number of anilines is 1. The molecule has 0 bridgehead atoms. The van der Waals surface area contributed by atoms with Gasteiger partial charge < -0.3 is 14.7 Å². The van der Waals surface area contributed by atoms with Crippen LogP contribution in [0.3, 0.4) is 0 Å². The molecule has 0 aliphatic heterocycles. The van der Waals surface area contributed by atoms with Gasteiger partial charge in [-0.05, 0) is 0 Å². The first-order valence-corrected chi connectivity index (χ1v) is 14.6. The molecule has 0 amide bonds. The number of benzene rings is 4. The van der Waals surface area contributed by atoms with Crippen molar-refractivity contribution in [2.45, 2.75) is 19.6 Å². The molecular weight excluding hydrogens is 464 g/mol. The summed E-state index contributed by atoms with van der Waals surface area (Å²) < 4.78 is 8.88. The average molecular weight is 495 g/mol. The van der Waals surface area contributed by atoms with Crippen molar-refractivity contribution in [3.63, 3.8) is 0 Å². The maximum atomic E-state index is 8.88. The second kappa shape index (κ2) is 11.6. The second-order valence-corrected chi connectivity index (χ2v) is 13.3. The first kappa shape index (κ1) is 25.8. The third kappa shape index (κ3) is 6.42. The molecule has 4 aromatic carbocycles. The van der Waals surface area contributed by atoms with E-state index < -0.39 is 15.1 Å². The third-order valence-electron chi connectivity index (χ3n) is 5.85. The van der Waals surface area contributed by atoms with Gasteiger partial charge in [0.15, 0.2) is 0 Å². The van der Waals surface area contributed by atoms with Crippen LogP contribution in [0.4, 0.5) is 5.69 Å². The summed E-state index contributed by atoms with van der Waals surface area (Å²) in [7, 11) is -6.98. The van der Waals surface area contributed by atoms with Crippen LogP contribution >= 0.6 is 15.1 Å². The molecule has 178 valence electrons. The minimum absolute atomic E-state index is 0.260. The van der Waals surface area contributed by atoms with Crippen LogP contribution in [0.2, 0.25) is 0 Å². The number of hydrogen-bond donors (Lipinski definition) is 4. The summed E-state index contributed by atoms with van der Waals surface area (Å²) in [6.45, 7) is 4.53. The Hall–Kier alpha value is -2.78. The van der Waals surface area contributed by atoms with Crippen molar-refractivity contribution in [3.05, 3.63) is 121 Å². The van der Waals surface area contributed by atoms with Gasteiger partial charge in [0.25, 0.3) is 0 Å². The van der Waals surface area contributed by atoms with E-state index in [4.69, 9.17) is 19.2 Å². The van der Waals surface area contributed by atoms with Crippen molar-refractivity contribution in [2.75, 3.05) is 5.32 Å². The molecule has 0 saturated heterocycles. The minimum atomic E-state index is -4.64. The molecule has 4 rings (SSSR count). The molecule has 0 spiro atoms. The molecule has 0 saturated carbocycles. The van der Waals surface area contributed by atoms with Gasteiger partial charge in [-0.1, -0.05) is 0 Å². The predicted molar refractivity (Wildman–Crippen MR) is 145 cm³/mol. The number of rotatable bonds is 6. The second-order valence-electron chi connectivity index (χ2n) is 8.10. The molecule has 0 aliphatic carbocycles. The number of para-hydroxylation sites is 1. The SMILES string of the molecule is Cc1ccccc1NC(C)[PH](c1ccccc1)(c1ccccc1)c1ccccc1.O=P(O)(O)O. The number of aryl methyl sites for hydroxylation is 1. The predicted octanol–water partition coefficient (Wildman–Crippen LogP) is 4.55. The first-order chi connectivity index (χ1) is 16.2. The molecule has 0 radical (unpaired) electrons. The average Bonchev–Trinajstić information content (AvgIpc) is 2.82. The molecule has 0 aromatic heterocycles. The summed E-state index contributed by atoms with van der Waals surface area (Å²) in [6.07, 6.45) is 0. The molecular formula is C27H31NO4P2. The fourth-order valence-electron chi connectivity index (χ4n) is 4.43. The Morgan fingerprint density at radius 1 is 0.647 bits per heavy atom. The zero-order valence-corrected chi connectivity index (χ0v) is 21.1. The van der Waals surface area contributed by atoms with E-state index in [0.29, 0.717) is 0 Å². The standard InChI is InChI=1S/C27H28NP.H3O4P/c1-22-14-12-13-21-27(22)28-23(2)29(24-15-6-3-7-16-24,25-17-8-4-9-18-25)26-19-10-5-11-20-26;1-5(2,3)4/h3-21,23,28-29H,1-2H3;(H3,1,2,3,4). The molecule has 4 aromatic rings. The van der Waals surface area contributed by atoms with E-state index >= 15 is 0 Å². The maximum Gasteiger partial charge on any atom is 0.466 e. The van der Waals surface area contributed by atoms with Gasteiger partial charge in [0.2, 0.25) is 0 Å². The Kier molecular flexibility index (Phi) is 8.79. The summed E-state index contributed by atoms with van der Waals surface area (Å²) in [6, 6.07) is 41.8. The topological polar surface area (TPSA) is 89.8 Å². The maximum absolute atomic E-state index is 8.88. The van der Waals surface area contributed by atoms with E-state index in [2.05, 4.69) is 134 Å². The summed E-state index contributed by atoms with van der Waals surface area (Å²) in [5, 5.41) is 8.17. The smallest absolute Gasteiger partial charge is 0.303 e. The van der Waals surface area contributed by atoms with Crippen molar-refractivity contribution >= 4 is 36.7 Å². The zero-order chi connectivity index (χ0) is 24.6. The first-order valence-electron chi connectivity index (χ1n) is 11.0. The van der Waals surface area contributed by atoms with Crippen LogP contribution in [0.25, 0.3) is 0 Å². The number of hydrogen-bond acceptors (Lipinski definition) is 2. The van der Waals surface area contributed by atoms with Crippen LogP contribution in [-0.2, 0) is 4.57 Å². The van der Waals surface area contributed by atoms with Crippen LogP contribution in [0, 0.1) is 6.92 Å². The van der Waals surface area contributed by atoms with Gasteiger partial charge >= 0.3 is 182 Å². The Bertz CT molecular complexity index is 1110. The molecule has 4 N–H and O–H groups in total. The summed E-state index contributed by atoms with van der Waals surface area (Å²) in [5.41, 5.74) is 2.48. The quantitative estimate of drug-likeness (QED) is 0.295. The van der Waals surface area contributed by atoms with Gasteiger partial charge in [-0.25, -0.2) is 4.57 Å². The number of nitrogens with one attached hydrogen (secondary N) is 1. The Balaban J connectivity index is 0.000000588. The molecule has 0 aliphatic rings. The Labute approximate surface area is 201 Å². The van der Waals surface area contributed by atoms with E-state index in [9.17, 15) is 0 Å². The number of phosphoric acid groups is 1. The van der Waals surface area contributed by atoms with Crippen molar-refractivity contribution in [2.24, 2.45) is 0 Å². The molecule has 7 heteroatoms. The van der Waals surface area contributed by atoms with Crippen LogP contribution in [0.5, 0.6) is 0 Å². The van der Waals surface area contributed by atoms with Gasteiger partial charge in [-0.3, -0.25) is 0 Å². The molecule has 34 heavy (non-hydrogen) atoms. The molecule has 5 nitrogen and oxygen atoms in total. The van der Waals surface area contributed by atoms with E-state index in [1.165, 1.54) is 27.2 Å². The fraction of sp³-hybridized carbons (Fsp3) is 0.111. The molecule has 0 fully saturated rings. The Morgan fingerprint density at radius 2 is 0.971 bits per heavy atom. The normalized spacial score (nSPS) is 12.7. The van der Waals surface area contributed by atoms with Crippen molar-refractivity contribution in [3.8, 4) is 0 Å². The van der Waals surface area contributed by atoms with E-state index in [1.807, 2.05) is 0 Å². The Morgan fingerprint density at radius 3 is 1.32 bits per heavy atom. The van der Waals surface area contributed by atoms with E-state index in [1.54, 1.807) is 0 Å². The van der Waals surface area contributed by atoms with Gasteiger partial charge in [0.1, 0.15) is 0 Å². The van der Waals surface area contributed by atoms with Gasteiger partial charge in [-0.2, -0.15) is 0 Å². The largest absolute Gasteiger partial charge is 0.466 e. The van der Waals surface area contributed by atoms with Crippen LogP contribution < -0.4 is 21.2 Å². The van der Waals surface area contributed by atoms with Crippen LogP contribution in [0.15, 0.2) is 115 Å². The molecule has 1 unspecified atom stereocenters. The van der Waals surface area contributed by atoms with Crippen molar-refractivity contribution in [1.82, 2.24) is 0 Å². The van der Waals surface area contributed by atoms with E-state index in [0.717, 1.165) is 0 Å². The molecule has 0 heterocycles. The van der Waals surface area contributed by atoms with Crippen molar-refractivity contribution in [1.29, 1.82) is 0 Å². The van der Waals surface area contributed by atoms with E-state index in [-0.39, 0.29) is 5.78 Å². The zero-order valence-electron chi connectivity index (χ0n) is 19.2. The van der Waals surface area contributed by atoms with Crippen LogP contribution in [0.1, 0.15) is 12.5 Å². The monoisotopic (exact) mass is 495 g/mol. The minimum Gasteiger partial charge on any atom is -0.303 e. The van der Waals surface area contributed by atoms with Gasteiger partial charge in [0.05, 0.1) is 0 Å². The third-order valence-corrected chi connectivity index (χ3v) is 11.0. The summed E-state index contributed by atoms with van der Waals surface area (Å²) in [4.78, 5) is 21.6.